The molecule has 0 amide bonds. The van der Waals surface area contributed by atoms with E-state index in [0.29, 0.717) is 36.0 Å². The number of nitrogens with zero attached hydrogens (tertiary/aromatic N) is 4. The monoisotopic (exact) mass is 277 g/mol. The molecule has 0 bridgehead atoms. The number of nitriles is 1. The average molecular weight is 277 g/mol. The minimum absolute atomic E-state index is 0.239. The van der Waals surface area contributed by atoms with Gasteiger partial charge in [0.25, 0.3) is 0 Å². The molecule has 3 N–H and O–H groups in total. The summed E-state index contributed by atoms with van der Waals surface area (Å²) in [6.07, 6.45) is 2.17. The van der Waals surface area contributed by atoms with E-state index in [4.69, 9.17) is 5.73 Å². The van der Waals surface area contributed by atoms with Gasteiger partial charge in [-0.15, -0.1) is 0 Å². The van der Waals surface area contributed by atoms with Gasteiger partial charge in [0, 0.05) is 19.6 Å². The van der Waals surface area contributed by atoms with E-state index in [0.717, 1.165) is 26.1 Å². The summed E-state index contributed by atoms with van der Waals surface area (Å²) in [7, 11) is 0. The van der Waals surface area contributed by atoms with Gasteiger partial charge in [-0.2, -0.15) is 10.4 Å². The van der Waals surface area contributed by atoms with E-state index in [1.807, 2.05) is 4.90 Å². The van der Waals surface area contributed by atoms with Crippen molar-refractivity contribution in [1.29, 1.82) is 5.26 Å². The fourth-order valence-corrected chi connectivity index (χ4v) is 2.42. The van der Waals surface area contributed by atoms with Crippen molar-refractivity contribution in [1.82, 2.24) is 9.78 Å². The molecule has 20 heavy (non-hydrogen) atoms. The zero-order chi connectivity index (χ0) is 14.7. The number of nitrogen functional groups attached to an aromatic ring is 1. The van der Waals surface area contributed by atoms with Gasteiger partial charge in [-0.05, 0) is 25.2 Å². The minimum Gasteiger partial charge on any atom is -0.393 e. The highest BCUT2D eigenvalue weighted by molar-refractivity contribution is 5.65. The Kier molecular flexibility index (Phi) is 4.50. The highest BCUT2D eigenvalue weighted by atomic mass is 16.3. The normalized spacial score (nSPS) is 16.6. The van der Waals surface area contributed by atoms with E-state index < -0.39 is 0 Å². The number of hydrogen-bond acceptors (Lipinski definition) is 5. The number of hydrogen-bond donors (Lipinski definition) is 2. The first-order valence-electron chi connectivity index (χ1n) is 7.22. The van der Waals surface area contributed by atoms with Crippen molar-refractivity contribution in [2.45, 2.75) is 45.8 Å². The van der Waals surface area contributed by atoms with Crippen molar-refractivity contribution in [2.75, 3.05) is 23.7 Å². The summed E-state index contributed by atoms with van der Waals surface area (Å²) in [6.45, 7) is 6.47. The van der Waals surface area contributed by atoms with Gasteiger partial charge in [-0.3, -0.25) is 0 Å². The fourth-order valence-electron chi connectivity index (χ4n) is 2.42. The molecule has 0 aromatic carbocycles. The third-order valence-corrected chi connectivity index (χ3v) is 3.77. The van der Waals surface area contributed by atoms with Gasteiger partial charge in [0.15, 0.2) is 5.82 Å². The minimum atomic E-state index is -0.239. The van der Waals surface area contributed by atoms with Crippen LogP contribution in [0.5, 0.6) is 0 Å². The number of aliphatic hydroxyl groups is 1. The highest BCUT2D eigenvalue weighted by Gasteiger charge is 2.24. The Morgan fingerprint density at radius 1 is 1.45 bits per heavy atom. The standard InChI is InChI=1S/C14H23N5O/c1-10(2)3-8-19-13(16)12(9-15)14(17-19)18-6-4-11(20)5-7-18/h10-11,20H,3-8,16H2,1-2H3. The first-order chi connectivity index (χ1) is 9.52. The third kappa shape index (κ3) is 3.05. The Morgan fingerprint density at radius 2 is 2.10 bits per heavy atom. The van der Waals surface area contributed by atoms with Crippen molar-refractivity contribution in [3.8, 4) is 6.07 Å². The number of piperidine rings is 1. The molecule has 6 nitrogen and oxygen atoms in total. The molecule has 1 saturated heterocycles. The van der Waals surface area contributed by atoms with E-state index in [9.17, 15) is 10.4 Å². The van der Waals surface area contributed by atoms with Crippen LogP contribution in [0.15, 0.2) is 0 Å². The van der Waals surface area contributed by atoms with E-state index in [2.05, 4.69) is 25.0 Å². The first-order valence-corrected chi connectivity index (χ1v) is 7.22. The molecule has 0 unspecified atom stereocenters. The van der Waals surface area contributed by atoms with Crippen LogP contribution < -0.4 is 10.6 Å². The second-order valence-electron chi connectivity index (χ2n) is 5.82. The van der Waals surface area contributed by atoms with Gasteiger partial charge < -0.3 is 15.7 Å². The molecule has 0 radical (unpaired) electrons. The average Bonchev–Trinajstić information content (AvgIpc) is 2.73. The summed E-state index contributed by atoms with van der Waals surface area (Å²) >= 11 is 0. The predicted molar refractivity (Wildman–Crippen MR) is 78.3 cm³/mol. The van der Waals surface area contributed by atoms with Crippen LogP contribution in [0.25, 0.3) is 0 Å². The topological polar surface area (TPSA) is 91.1 Å². The number of aryl methyl sites for hydroxylation is 1. The maximum Gasteiger partial charge on any atom is 0.170 e. The van der Waals surface area contributed by atoms with Gasteiger partial charge in [0.2, 0.25) is 0 Å². The molecule has 0 saturated carbocycles. The molecule has 110 valence electrons. The Hall–Kier alpha value is -1.74. The quantitative estimate of drug-likeness (QED) is 0.866. The lowest BCUT2D eigenvalue weighted by Gasteiger charge is -2.29. The molecule has 1 fully saturated rings. The van der Waals surface area contributed by atoms with Gasteiger partial charge in [-0.1, -0.05) is 13.8 Å². The van der Waals surface area contributed by atoms with Crippen molar-refractivity contribution in [3.05, 3.63) is 5.56 Å². The van der Waals surface area contributed by atoms with Crippen LogP contribution in [-0.2, 0) is 6.54 Å². The fraction of sp³-hybridized carbons (Fsp3) is 0.714. The Balaban J connectivity index is 2.20. The van der Waals surface area contributed by atoms with Crippen LogP contribution in [0, 0.1) is 17.2 Å². The lowest BCUT2D eigenvalue weighted by Crippen LogP contribution is -2.36. The summed E-state index contributed by atoms with van der Waals surface area (Å²) in [5.74, 6) is 1.69. The Morgan fingerprint density at radius 3 is 2.65 bits per heavy atom. The number of aromatic nitrogens is 2. The summed E-state index contributed by atoms with van der Waals surface area (Å²) < 4.78 is 1.74. The molecule has 1 aromatic rings. The zero-order valence-corrected chi connectivity index (χ0v) is 12.2. The van der Waals surface area contributed by atoms with Crippen LogP contribution in [-0.4, -0.2) is 34.1 Å². The first kappa shape index (κ1) is 14.7. The molecule has 1 aliphatic rings. The summed E-state index contributed by atoms with van der Waals surface area (Å²) in [4.78, 5) is 2.05. The number of anilines is 2. The molecule has 0 spiro atoms. The molecular formula is C14H23N5O. The predicted octanol–water partition coefficient (Wildman–Crippen LogP) is 1.34. The van der Waals surface area contributed by atoms with E-state index in [1.165, 1.54) is 0 Å². The lowest BCUT2D eigenvalue weighted by molar-refractivity contribution is 0.145. The van der Waals surface area contributed by atoms with Crippen LogP contribution in [0.4, 0.5) is 11.6 Å². The zero-order valence-electron chi connectivity index (χ0n) is 12.2. The number of nitrogens with two attached hydrogens (primary N) is 1. The summed E-state index contributed by atoms with van der Waals surface area (Å²) in [5, 5.41) is 23.4. The Labute approximate surface area is 119 Å². The lowest BCUT2D eigenvalue weighted by atomic mass is 10.1. The summed E-state index contributed by atoms with van der Waals surface area (Å²) in [5.41, 5.74) is 6.50. The largest absolute Gasteiger partial charge is 0.393 e. The van der Waals surface area contributed by atoms with E-state index >= 15 is 0 Å². The van der Waals surface area contributed by atoms with Crippen molar-refractivity contribution in [2.24, 2.45) is 5.92 Å². The van der Waals surface area contributed by atoms with Gasteiger partial charge >= 0.3 is 0 Å². The molecular weight excluding hydrogens is 254 g/mol. The van der Waals surface area contributed by atoms with E-state index in [1.54, 1.807) is 4.68 Å². The Bertz CT molecular complexity index is 494. The second kappa shape index (κ2) is 6.14. The van der Waals surface area contributed by atoms with Crippen LogP contribution in [0.3, 0.4) is 0 Å². The molecule has 6 heteroatoms. The van der Waals surface area contributed by atoms with Crippen LogP contribution >= 0.6 is 0 Å². The molecule has 0 aliphatic carbocycles. The van der Waals surface area contributed by atoms with Gasteiger partial charge in [0.1, 0.15) is 17.5 Å². The smallest absolute Gasteiger partial charge is 0.170 e. The van der Waals surface area contributed by atoms with Crippen molar-refractivity contribution in [3.63, 3.8) is 0 Å². The number of rotatable bonds is 4. The molecule has 2 heterocycles. The number of aliphatic hydroxyl groups excluding tert-OH is 1. The molecule has 2 rings (SSSR count). The van der Waals surface area contributed by atoms with Crippen LogP contribution in [0.1, 0.15) is 38.7 Å². The van der Waals surface area contributed by atoms with Crippen molar-refractivity contribution >= 4 is 11.6 Å². The SMILES string of the molecule is CC(C)CCn1nc(N2CCC(O)CC2)c(C#N)c1N. The van der Waals surface area contributed by atoms with Crippen LogP contribution in [0.2, 0.25) is 0 Å². The van der Waals surface area contributed by atoms with Crippen molar-refractivity contribution < 1.29 is 5.11 Å². The molecule has 0 atom stereocenters. The third-order valence-electron chi connectivity index (χ3n) is 3.77. The summed E-state index contributed by atoms with van der Waals surface area (Å²) in [6, 6.07) is 2.17. The second-order valence-corrected chi connectivity index (χ2v) is 5.82. The maximum atomic E-state index is 9.56. The van der Waals surface area contributed by atoms with Gasteiger partial charge in [-0.25, -0.2) is 4.68 Å². The van der Waals surface area contributed by atoms with E-state index in [-0.39, 0.29) is 6.10 Å². The van der Waals surface area contributed by atoms with Gasteiger partial charge in [0.05, 0.1) is 6.10 Å². The maximum absolute atomic E-state index is 9.56. The molecule has 1 aromatic heterocycles. The highest BCUT2D eigenvalue weighted by Crippen LogP contribution is 2.27. The molecule has 1 aliphatic heterocycles.